The van der Waals surface area contributed by atoms with Gasteiger partial charge in [0.25, 0.3) is 0 Å². The van der Waals surface area contributed by atoms with Gasteiger partial charge in [0.2, 0.25) is 0 Å². The zero-order valence-corrected chi connectivity index (χ0v) is 5.12. The van der Waals surface area contributed by atoms with Crippen molar-refractivity contribution in [2.75, 3.05) is 7.11 Å². The minimum absolute atomic E-state index is 0.262. The third-order valence-electron chi connectivity index (χ3n) is 0.355. The molecule has 0 aliphatic heterocycles. The Bertz CT molecular complexity index is 84.9. The van der Waals surface area contributed by atoms with Crippen molar-refractivity contribution in [1.29, 1.82) is 0 Å². The molecule has 0 spiro atoms. The molecule has 0 saturated heterocycles. The van der Waals surface area contributed by atoms with Gasteiger partial charge >= 0.3 is 5.95 Å². The number of ether oxygens (including phenoxy) is 1. The van der Waals surface area contributed by atoms with Crippen LogP contribution in [0.25, 0.3) is 0 Å². The highest BCUT2D eigenvalue weighted by Gasteiger charge is 1.94. The van der Waals surface area contributed by atoms with Gasteiger partial charge in [-0.1, -0.05) is 23.2 Å². The van der Waals surface area contributed by atoms with E-state index in [9.17, 15) is 0 Å². The molecule has 0 aliphatic carbocycles. The number of aliphatic hydroxyl groups excluding tert-OH is 1. The van der Waals surface area contributed by atoms with Crippen LogP contribution in [0.3, 0.4) is 0 Å². The van der Waals surface area contributed by atoms with Gasteiger partial charge in [-0.25, -0.2) is 0 Å². The minimum Gasteiger partial charge on any atom is -0.479 e. The summed E-state index contributed by atoms with van der Waals surface area (Å²) in [6, 6.07) is 0. The van der Waals surface area contributed by atoms with Gasteiger partial charge in [-0.3, -0.25) is 0 Å². The Morgan fingerprint density at radius 3 is 2.00 bits per heavy atom. The first kappa shape index (κ1) is 6.92. The van der Waals surface area contributed by atoms with E-state index in [2.05, 4.69) is 4.74 Å². The number of aliphatic hydroxyl groups is 1. The largest absolute Gasteiger partial charge is 0.479 e. The second-order valence-electron chi connectivity index (χ2n) is 0.770. The summed E-state index contributed by atoms with van der Waals surface area (Å²) in [5.41, 5.74) is 0. The molecular formula is C3H4Cl2O2. The number of hydrogen-bond acceptors (Lipinski definition) is 2. The third kappa shape index (κ3) is 2.60. The molecule has 0 aromatic rings. The molecule has 0 rings (SSSR count). The van der Waals surface area contributed by atoms with Gasteiger partial charge in [0.1, 0.15) is 0 Å². The van der Waals surface area contributed by atoms with Crippen molar-refractivity contribution in [3.05, 3.63) is 10.4 Å². The van der Waals surface area contributed by atoms with Gasteiger partial charge < -0.3 is 9.84 Å². The van der Waals surface area contributed by atoms with Crippen LogP contribution >= 0.6 is 23.2 Å². The Kier molecular flexibility index (Phi) is 2.96. The minimum atomic E-state index is -0.455. The molecule has 0 heterocycles. The molecule has 0 amide bonds. The lowest BCUT2D eigenvalue weighted by atomic mass is 11.0. The van der Waals surface area contributed by atoms with Gasteiger partial charge in [0.15, 0.2) is 4.49 Å². The molecule has 0 radical (unpaired) electrons. The van der Waals surface area contributed by atoms with Gasteiger partial charge in [-0.05, 0) is 0 Å². The summed E-state index contributed by atoms with van der Waals surface area (Å²) in [6.07, 6.45) is 0. The SMILES string of the molecule is COC(O)=C(Cl)Cl. The first-order valence-electron chi connectivity index (χ1n) is 1.46. The standard InChI is InChI=1S/C3H4Cl2O2/c1-7-3(6)2(4)5/h6H,1H3. The molecule has 0 atom stereocenters. The highest BCUT2D eigenvalue weighted by molar-refractivity contribution is 6.56. The van der Waals surface area contributed by atoms with E-state index in [0.717, 1.165) is 0 Å². The van der Waals surface area contributed by atoms with E-state index >= 15 is 0 Å². The Balaban J connectivity index is 3.72. The summed E-state index contributed by atoms with van der Waals surface area (Å²) in [7, 11) is 1.26. The Labute approximate surface area is 51.3 Å². The summed E-state index contributed by atoms with van der Waals surface area (Å²) in [5.74, 6) is -0.455. The quantitative estimate of drug-likeness (QED) is 0.567. The van der Waals surface area contributed by atoms with Crippen LogP contribution < -0.4 is 0 Å². The van der Waals surface area contributed by atoms with E-state index in [4.69, 9.17) is 28.3 Å². The maximum absolute atomic E-state index is 8.33. The van der Waals surface area contributed by atoms with E-state index in [1.807, 2.05) is 0 Å². The zero-order chi connectivity index (χ0) is 5.86. The van der Waals surface area contributed by atoms with Crippen molar-refractivity contribution < 1.29 is 9.84 Å². The average Bonchev–Trinajstić information content (AvgIpc) is 1.65. The lowest BCUT2D eigenvalue weighted by molar-refractivity contribution is 0.136. The van der Waals surface area contributed by atoms with Crippen LogP contribution in [-0.2, 0) is 4.74 Å². The zero-order valence-electron chi connectivity index (χ0n) is 3.61. The molecule has 0 unspecified atom stereocenters. The summed E-state index contributed by atoms with van der Waals surface area (Å²) in [6.45, 7) is 0. The first-order chi connectivity index (χ1) is 3.18. The molecule has 0 bridgehead atoms. The van der Waals surface area contributed by atoms with Gasteiger partial charge in [0, 0.05) is 0 Å². The smallest absolute Gasteiger partial charge is 0.308 e. The number of halogens is 2. The van der Waals surface area contributed by atoms with Crippen LogP contribution in [0.5, 0.6) is 0 Å². The normalized spacial score (nSPS) is 7.86. The van der Waals surface area contributed by atoms with Crippen molar-refractivity contribution in [3.8, 4) is 0 Å². The van der Waals surface area contributed by atoms with Crippen LogP contribution in [0, 0.1) is 0 Å². The molecule has 1 N–H and O–H groups in total. The first-order valence-corrected chi connectivity index (χ1v) is 2.22. The Hall–Kier alpha value is -0.0800. The van der Waals surface area contributed by atoms with Crippen LogP contribution in [0.2, 0.25) is 0 Å². The molecule has 4 heteroatoms. The molecule has 0 aromatic carbocycles. The summed E-state index contributed by atoms with van der Waals surface area (Å²) < 4.78 is 3.92. The molecule has 42 valence electrons. The highest BCUT2D eigenvalue weighted by Crippen LogP contribution is 2.10. The van der Waals surface area contributed by atoms with Crippen LogP contribution in [0.4, 0.5) is 0 Å². The molecule has 0 aliphatic rings. The maximum Gasteiger partial charge on any atom is 0.308 e. The Morgan fingerprint density at radius 1 is 1.57 bits per heavy atom. The average molecular weight is 143 g/mol. The van der Waals surface area contributed by atoms with Crippen molar-refractivity contribution in [2.45, 2.75) is 0 Å². The highest BCUT2D eigenvalue weighted by atomic mass is 35.5. The number of hydrogen-bond donors (Lipinski definition) is 1. The second kappa shape index (κ2) is 2.99. The lowest BCUT2D eigenvalue weighted by Crippen LogP contribution is -1.81. The third-order valence-corrected chi connectivity index (χ3v) is 0.678. The summed E-state index contributed by atoms with van der Waals surface area (Å²) in [5, 5.41) is 8.33. The van der Waals surface area contributed by atoms with Crippen molar-refractivity contribution in [2.24, 2.45) is 0 Å². The van der Waals surface area contributed by atoms with Gasteiger partial charge in [-0.2, -0.15) is 0 Å². The van der Waals surface area contributed by atoms with E-state index in [1.54, 1.807) is 0 Å². The molecular weight excluding hydrogens is 139 g/mol. The number of methoxy groups -OCH3 is 1. The van der Waals surface area contributed by atoms with E-state index in [-0.39, 0.29) is 4.49 Å². The van der Waals surface area contributed by atoms with E-state index < -0.39 is 5.95 Å². The number of rotatable bonds is 1. The van der Waals surface area contributed by atoms with Gasteiger partial charge in [0.05, 0.1) is 7.11 Å². The molecule has 2 nitrogen and oxygen atoms in total. The second-order valence-corrected chi connectivity index (χ2v) is 1.72. The van der Waals surface area contributed by atoms with Crippen LogP contribution in [0.15, 0.2) is 10.4 Å². The fourth-order valence-electron chi connectivity index (χ4n) is 0.0772. The predicted octanol–water partition coefficient (Wildman–Crippen LogP) is 1.80. The topological polar surface area (TPSA) is 29.5 Å². The Morgan fingerprint density at radius 2 is 2.00 bits per heavy atom. The van der Waals surface area contributed by atoms with Crippen molar-refractivity contribution in [3.63, 3.8) is 0 Å². The fraction of sp³-hybridized carbons (Fsp3) is 0.333. The molecule has 0 aromatic heterocycles. The monoisotopic (exact) mass is 142 g/mol. The van der Waals surface area contributed by atoms with Crippen molar-refractivity contribution in [1.82, 2.24) is 0 Å². The molecule has 0 saturated carbocycles. The predicted molar refractivity (Wildman–Crippen MR) is 28.4 cm³/mol. The van der Waals surface area contributed by atoms with E-state index in [0.29, 0.717) is 0 Å². The van der Waals surface area contributed by atoms with Crippen LogP contribution in [0.1, 0.15) is 0 Å². The fourth-order valence-corrected chi connectivity index (χ4v) is 0.231. The summed E-state index contributed by atoms with van der Waals surface area (Å²) >= 11 is 10.00. The molecule has 0 fully saturated rings. The van der Waals surface area contributed by atoms with Gasteiger partial charge in [-0.15, -0.1) is 0 Å². The van der Waals surface area contributed by atoms with Crippen molar-refractivity contribution >= 4 is 23.2 Å². The maximum atomic E-state index is 8.33. The summed E-state index contributed by atoms with van der Waals surface area (Å²) in [4.78, 5) is 0. The lowest BCUT2D eigenvalue weighted by Gasteiger charge is -1.92. The molecule has 7 heavy (non-hydrogen) atoms. The van der Waals surface area contributed by atoms with Crippen LogP contribution in [-0.4, -0.2) is 12.2 Å². The van der Waals surface area contributed by atoms with E-state index in [1.165, 1.54) is 7.11 Å².